The molecule has 2 unspecified atom stereocenters. The summed E-state index contributed by atoms with van der Waals surface area (Å²) in [4.78, 5) is 0. The number of hydrogen-bond acceptors (Lipinski definition) is 4. The average Bonchev–Trinajstić information content (AvgIpc) is 2.21. The summed E-state index contributed by atoms with van der Waals surface area (Å²) in [6.45, 7) is 3.12. The van der Waals surface area contributed by atoms with E-state index in [1.54, 1.807) is 0 Å². The average molecular weight is 202 g/mol. The Morgan fingerprint density at radius 3 is 3.07 bits per heavy atom. The summed E-state index contributed by atoms with van der Waals surface area (Å²) >= 11 is 0. The van der Waals surface area contributed by atoms with Gasteiger partial charge in [0.1, 0.15) is 18.5 Å². The van der Waals surface area contributed by atoms with Crippen LogP contribution in [0.4, 0.5) is 0 Å². The minimum absolute atomic E-state index is 0.146. The van der Waals surface area contributed by atoms with Gasteiger partial charge in [0.25, 0.3) is 0 Å². The minimum atomic E-state index is -0.793. The van der Waals surface area contributed by atoms with Crippen LogP contribution in [0.15, 0.2) is 11.8 Å². The van der Waals surface area contributed by atoms with Crippen molar-refractivity contribution in [1.29, 1.82) is 0 Å². The summed E-state index contributed by atoms with van der Waals surface area (Å²) in [5, 5.41) is 17.5. The standard InChI is InChI=1S/C10H18O4/c1-8-2-3-10(14-5-8)7-13-6-9(12)4-11/h3,8-9,11-12H,2,4-7H2,1H3. The molecule has 4 nitrogen and oxygen atoms in total. The first-order chi connectivity index (χ1) is 6.72. The van der Waals surface area contributed by atoms with Crippen LogP contribution in [0.2, 0.25) is 0 Å². The Hall–Kier alpha value is -0.580. The molecule has 0 amide bonds. The zero-order valence-corrected chi connectivity index (χ0v) is 8.48. The molecule has 0 aromatic carbocycles. The predicted octanol–water partition coefficient (Wildman–Crippen LogP) is 0.297. The molecule has 0 radical (unpaired) electrons. The van der Waals surface area contributed by atoms with E-state index in [9.17, 15) is 0 Å². The van der Waals surface area contributed by atoms with Gasteiger partial charge in [-0.1, -0.05) is 6.92 Å². The second kappa shape index (κ2) is 6.01. The molecule has 82 valence electrons. The first-order valence-corrected chi connectivity index (χ1v) is 4.91. The van der Waals surface area contributed by atoms with Gasteiger partial charge in [0.05, 0.1) is 19.8 Å². The number of hydrogen-bond donors (Lipinski definition) is 2. The van der Waals surface area contributed by atoms with E-state index < -0.39 is 6.10 Å². The number of ether oxygens (including phenoxy) is 2. The Labute approximate surface area is 84.1 Å². The molecular weight excluding hydrogens is 184 g/mol. The van der Waals surface area contributed by atoms with Crippen molar-refractivity contribution in [3.05, 3.63) is 11.8 Å². The smallest absolute Gasteiger partial charge is 0.118 e. The van der Waals surface area contributed by atoms with Crippen LogP contribution in [0, 0.1) is 5.92 Å². The van der Waals surface area contributed by atoms with Crippen LogP contribution >= 0.6 is 0 Å². The van der Waals surface area contributed by atoms with Crippen molar-refractivity contribution in [2.24, 2.45) is 5.92 Å². The van der Waals surface area contributed by atoms with Crippen molar-refractivity contribution >= 4 is 0 Å². The fourth-order valence-electron chi connectivity index (χ4n) is 1.16. The molecule has 2 atom stereocenters. The van der Waals surface area contributed by atoms with E-state index in [0.29, 0.717) is 12.5 Å². The number of aliphatic hydroxyl groups is 2. The maximum absolute atomic E-state index is 8.99. The lowest BCUT2D eigenvalue weighted by atomic mass is 10.1. The van der Waals surface area contributed by atoms with Crippen LogP contribution < -0.4 is 0 Å². The zero-order chi connectivity index (χ0) is 10.4. The molecular formula is C10H18O4. The van der Waals surface area contributed by atoms with Crippen LogP contribution in [-0.4, -0.2) is 42.7 Å². The van der Waals surface area contributed by atoms with Crippen LogP contribution in [0.3, 0.4) is 0 Å². The van der Waals surface area contributed by atoms with Crippen molar-refractivity contribution in [2.75, 3.05) is 26.4 Å². The van der Waals surface area contributed by atoms with Crippen molar-refractivity contribution in [3.63, 3.8) is 0 Å². The topological polar surface area (TPSA) is 58.9 Å². The largest absolute Gasteiger partial charge is 0.496 e. The lowest BCUT2D eigenvalue weighted by Gasteiger charge is -2.20. The SMILES string of the molecule is CC1CC=C(COCC(O)CO)OC1. The summed E-state index contributed by atoms with van der Waals surface area (Å²) in [5.41, 5.74) is 0. The molecule has 1 rings (SSSR count). The molecule has 14 heavy (non-hydrogen) atoms. The minimum Gasteiger partial charge on any atom is -0.496 e. The zero-order valence-electron chi connectivity index (χ0n) is 8.48. The van der Waals surface area contributed by atoms with Gasteiger partial charge in [-0.05, 0) is 18.4 Å². The van der Waals surface area contributed by atoms with E-state index in [-0.39, 0.29) is 13.2 Å². The fourth-order valence-corrected chi connectivity index (χ4v) is 1.16. The van der Waals surface area contributed by atoms with Crippen molar-refractivity contribution < 1.29 is 19.7 Å². The molecule has 1 aliphatic heterocycles. The quantitative estimate of drug-likeness (QED) is 0.673. The molecule has 0 aliphatic carbocycles. The van der Waals surface area contributed by atoms with Crippen molar-refractivity contribution in [3.8, 4) is 0 Å². The molecule has 0 fully saturated rings. The van der Waals surface area contributed by atoms with Gasteiger partial charge in [-0.2, -0.15) is 0 Å². The van der Waals surface area contributed by atoms with E-state index in [4.69, 9.17) is 19.7 Å². The summed E-state index contributed by atoms with van der Waals surface area (Å²) in [7, 11) is 0. The van der Waals surface area contributed by atoms with Gasteiger partial charge in [-0.15, -0.1) is 0 Å². The van der Waals surface area contributed by atoms with Crippen LogP contribution in [0.1, 0.15) is 13.3 Å². The highest BCUT2D eigenvalue weighted by Gasteiger charge is 2.11. The Bertz CT molecular complexity index is 191. The molecule has 2 N–H and O–H groups in total. The third-order valence-electron chi connectivity index (χ3n) is 2.07. The van der Waals surface area contributed by atoms with Crippen LogP contribution in [0.5, 0.6) is 0 Å². The maximum Gasteiger partial charge on any atom is 0.118 e. The Kier molecular flexibility index (Phi) is 4.93. The monoisotopic (exact) mass is 202 g/mol. The lowest BCUT2D eigenvalue weighted by Crippen LogP contribution is -2.21. The van der Waals surface area contributed by atoms with Crippen molar-refractivity contribution in [2.45, 2.75) is 19.4 Å². The summed E-state index contributed by atoms with van der Waals surface area (Å²) in [6, 6.07) is 0. The predicted molar refractivity (Wildman–Crippen MR) is 51.7 cm³/mol. The highest BCUT2D eigenvalue weighted by molar-refractivity contribution is 4.97. The van der Waals surface area contributed by atoms with Gasteiger partial charge in [-0.3, -0.25) is 0 Å². The third-order valence-corrected chi connectivity index (χ3v) is 2.07. The molecule has 4 heteroatoms. The summed E-state index contributed by atoms with van der Waals surface area (Å²) in [6.07, 6.45) is 2.24. The first kappa shape index (κ1) is 11.5. The lowest BCUT2D eigenvalue weighted by molar-refractivity contribution is -0.00130. The van der Waals surface area contributed by atoms with Gasteiger partial charge in [-0.25, -0.2) is 0 Å². The maximum atomic E-state index is 8.99. The van der Waals surface area contributed by atoms with E-state index in [1.807, 2.05) is 6.08 Å². The van der Waals surface area contributed by atoms with Crippen molar-refractivity contribution in [1.82, 2.24) is 0 Å². The number of rotatable bonds is 5. The van der Waals surface area contributed by atoms with Gasteiger partial charge in [0.15, 0.2) is 0 Å². The van der Waals surface area contributed by atoms with E-state index in [1.165, 1.54) is 0 Å². The van der Waals surface area contributed by atoms with Crippen LogP contribution in [0.25, 0.3) is 0 Å². The molecule has 1 heterocycles. The van der Waals surface area contributed by atoms with Gasteiger partial charge >= 0.3 is 0 Å². The Balaban J connectivity index is 2.13. The fraction of sp³-hybridized carbons (Fsp3) is 0.800. The molecule has 1 aliphatic rings. The highest BCUT2D eigenvalue weighted by atomic mass is 16.5. The van der Waals surface area contributed by atoms with Gasteiger partial charge in [0, 0.05) is 0 Å². The van der Waals surface area contributed by atoms with Gasteiger partial charge in [0.2, 0.25) is 0 Å². The van der Waals surface area contributed by atoms with Crippen LogP contribution in [-0.2, 0) is 9.47 Å². The second-order valence-corrected chi connectivity index (χ2v) is 3.67. The van der Waals surface area contributed by atoms with E-state index in [0.717, 1.165) is 18.8 Å². The highest BCUT2D eigenvalue weighted by Crippen LogP contribution is 2.15. The van der Waals surface area contributed by atoms with Gasteiger partial charge < -0.3 is 19.7 Å². The first-order valence-electron chi connectivity index (χ1n) is 4.91. The molecule has 0 saturated carbocycles. The second-order valence-electron chi connectivity index (χ2n) is 3.67. The molecule has 0 bridgehead atoms. The molecule has 0 spiro atoms. The summed E-state index contributed by atoms with van der Waals surface area (Å²) in [5.74, 6) is 1.40. The van der Waals surface area contributed by atoms with E-state index >= 15 is 0 Å². The Morgan fingerprint density at radius 1 is 1.71 bits per heavy atom. The Morgan fingerprint density at radius 2 is 2.50 bits per heavy atom. The summed E-state index contributed by atoms with van der Waals surface area (Å²) < 4.78 is 10.6. The molecule has 0 aromatic heterocycles. The molecule has 0 aromatic rings. The molecule has 0 saturated heterocycles. The number of allylic oxidation sites excluding steroid dienone is 1. The number of aliphatic hydroxyl groups excluding tert-OH is 2. The third kappa shape index (κ3) is 4.09. The van der Waals surface area contributed by atoms with E-state index in [2.05, 4.69) is 6.92 Å². The normalized spacial score (nSPS) is 23.9.